The van der Waals surface area contributed by atoms with Crippen molar-refractivity contribution in [3.63, 3.8) is 0 Å². The molecule has 0 amide bonds. The molecule has 1 saturated heterocycles. The molecular formula is C24H30N6O. The molecule has 1 unspecified atom stereocenters. The van der Waals surface area contributed by atoms with Gasteiger partial charge in [0.1, 0.15) is 11.6 Å². The molecule has 162 valence electrons. The quantitative estimate of drug-likeness (QED) is 0.786. The van der Waals surface area contributed by atoms with Crippen LogP contribution in [0.1, 0.15) is 55.6 Å². The van der Waals surface area contributed by atoms with Crippen molar-refractivity contribution in [2.24, 2.45) is 0 Å². The highest BCUT2D eigenvalue weighted by Gasteiger charge is 2.38. The van der Waals surface area contributed by atoms with Crippen LogP contribution in [0, 0.1) is 0 Å². The van der Waals surface area contributed by atoms with Crippen molar-refractivity contribution in [2.45, 2.75) is 44.4 Å². The number of rotatable bonds is 3. The third-order valence-corrected chi connectivity index (χ3v) is 6.65. The number of hydrogen-bond donors (Lipinski definition) is 2. The minimum absolute atomic E-state index is 0.195. The van der Waals surface area contributed by atoms with E-state index in [1.807, 2.05) is 14.1 Å². The Hall–Kier alpha value is -3.09. The lowest BCUT2D eigenvalue weighted by molar-refractivity contribution is -0.116. The van der Waals surface area contributed by atoms with Crippen LogP contribution < -0.4 is 20.9 Å². The van der Waals surface area contributed by atoms with Crippen LogP contribution in [-0.2, 0) is 4.79 Å². The highest BCUT2D eigenvalue weighted by Crippen LogP contribution is 2.47. The molecule has 0 bridgehead atoms. The molecule has 1 aromatic carbocycles. The van der Waals surface area contributed by atoms with Gasteiger partial charge in [0.25, 0.3) is 0 Å². The Balaban J connectivity index is 1.63. The van der Waals surface area contributed by atoms with Crippen LogP contribution in [0.4, 0.5) is 23.3 Å². The molecule has 0 spiro atoms. The summed E-state index contributed by atoms with van der Waals surface area (Å²) in [5, 5.41) is 3.47. The lowest BCUT2D eigenvalue weighted by Crippen LogP contribution is -2.33. The highest BCUT2D eigenvalue weighted by atomic mass is 16.1. The Morgan fingerprint density at radius 1 is 1.03 bits per heavy atom. The molecule has 0 saturated carbocycles. The molecule has 0 radical (unpaired) electrons. The molecule has 1 atom stereocenters. The van der Waals surface area contributed by atoms with Crippen LogP contribution in [0.25, 0.3) is 0 Å². The number of hydrogen-bond acceptors (Lipinski definition) is 7. The summed E-state index contributed by atoms with van der Waals surface area (Å²) in [6.07, 6.45) is 5.85. The Morgan fingerprint density at radius 3 is 2.48 bits per heavy atom. The maximum atomic E-state index is 13.0. The van der Waals surface area contributed by atoms with Crippen LogP contribution >= 0.6 is 0 Å². The molecule has 1 fully saturated rings. The number of nitrogens with two attached hydrogens (primary N) is 1. The number of carbonyl (C=O) groups excluding carboxylic acids is 1. The van der Waals surface area contributed by atoms with Crippen molar-refractivity contribution in [2.75, 3.05) is 48.0 Å². The Labute approximate surface area is 183 Å². The van der Waals surface area contributed by atoms with Gasteiger partial charge in [0.2, 0.25) is 5.95 Å². The number of carbonyl (C=O) groups is 1. The molecular weight excluding hydrogens is 388 g/mol. The van der Waals surface area contributed by atoms with Crippen LogP contribution in [0.2, 0.25) is 0 Å². The van der Waals surface area contributed by atoms with E-state index in [0.717, 1.165) is 72.7 Å². The Bertz CT molecular complexity index is 1040. The molecule has 2 aliphatic heterocycles. The zero-order chi connectivity index (χ0) is 21.5. The second kappa shape index (κ2) is 7.87. The van der Waals surface area contributed by atoms with E-state index >= 15 is 0 Å². The van der Waals surface area contributed by atoms with E-state index in [2.05, 4.69) is 39.4 Å². The van der Waals surface area contributed by atoms with Gasteiger partial charge in [0, 0.05) is 62.0 Å². The summed E-state index contributed by atoms with van der Waals surface area (Å²) < 4.78 is 0. The number of nitrogens with one attached hydrogen (secondary N) is 1. The van der Waals surface area contributed by atoms with E-state index in [4.69, 9.17) is 15.7 Å². The summed E-state index contributed by atoms with van der Waals surface area (Å²) >= 11 is 0. The fraction of sp³-hybridized carbons (Fsp3) is 0.458. The first-order valence-corrected chi connectivity index (χ1v) is 11.3. The second-order valence-electron chi connectivity index (χ2n) is 8.93. The fourth-order valence-electron chi connectivity index (χ4n) is 5.00. The van der Waals surface area contributed by atoms with Crippen molar-refractivity contribution in [3.8, 4) is 0 Å². The van der Waals surface area contributed by atoms with Crippen molar-refractivity contribution in [1.29, 1.82) is 0 Å². The third-order valence-electron chi connectivity index (χ3n) is 6.65. The number of anilines is 4. The maximum absolute atomic E-state index is 13.0. The van der Waals surface area contributed by atoms with Crippen molar-refractivity contribution < 1.29 is 4.79 Å². The molecule has 7 nitrogen and oxygen atoms in total. The van der Waals surface area contributed by atoms with Gasteiger partial charge in [0.05, 0.1) is 0 Å². The van der Waals surface area contributed by atoms with E-state index in [9.17, 15) is 4.79 Å². The monoisotopic (exact) mass is 418 g/mol. The van der Waals surface area contributed by atoms with Gasteiger partial charge in [-0.15, -0.1) is 0 Å². The predicted molar refractivity (Wildman–Crippen MR) is 125 cm³/mol. The first-order chi connectivity index (χ1) is 15.0. The number of nitrogen functional groups attached to an aromatic ring is 1. The van der Waals surface area contributed by atoms with Gasteiger partial charge in [-0.2, -0.15) is 9.97 Å². The smallest absolute Gasteiger partial charge is 0.229 e. The largest absolute Gasteiger partial charge is 0.383 e. The van der Waals surface area contributed by atoms with Gasteiger partial charge in [-0.1, -0.05) is 12.1 Å². The summed E-state index contributed by atoms with van der Waals surface area (Å²) in [4.78, 5) is 26.9. The van der Waals surface area contributed by atoms with Crippen LogP contribution in [0.3, 0.4) is 0 Å². The number of fused-ring (bicyclic) bond motifs is 1. The number of piperidine rings is 1. The van der Waals surface area contributed by atoms with Crippen LogP contribution in [0.5, 0.6) is 0 Å². The zero-order valence-corrected chi connectivity index (χ0v) is 18.3. The van der Waals surface area contributed by atoms with Gasteiger partial charge >= 0.3 is 0 Å². The molecule has 5 rings (SSSR count). The van der Waals surface area contributed by atoms with Gasteiger partial charge in [0.15, 0.2) is 5.78 Å². The van der Waals surface area contributed by atoms with Gasteiger partial charge in [-0.05, 0) is 49.8 Å². The Kier molecular flexibility index (Phi) is 5.04. The number of aromatic nitrogens is 2. The van der Waals surface area contributed by atoms with E-state index in [-0.39, 0.29) is 11.7 Å². The number of nitrogens with zero attached hydrogens (tertiary/aromatic N) is 4. The summed E-state index contributed by atoms with van der Waals surface area (Å²) in [5.74, 6) is 1.87. The summed E-state index contributed by atoms with van der Waals surface area (Å²) in [7, 11) is 4.04. The fourth-order valence-corrected chi connectivity index (χ4v) is 5.00. The highest BCUT2D eigenvalue weighted by molar-refractivity contribution is 6.01. The molecule has 31 heavy (non-hydrogen) atoms. The summed E-state index contributed by atoms with van der Waals surface area (Å²) in [6.45, 7) is 1.92. The molecule has 1 aliphatic carbocycles. The van der Waals surface area contributed by atoms with Crippen LogP contribution in [0.15, 0.2) is 35.5 Å². The molecule has 3 aliphatic rings. The normalized spacial score (nSPS) is 20.8. The van der Waals surface area contributed by atoms with Gasteiger partial charge in [-0.25, -0.2) is 0 Å². The average molecular weight is 419 g/mol. The number of allylic oxidation sites excluding steroid dienone is 2. The molecule has 7 heteroatoms. The Morgan fingerprint density at radius 2 is 1.77 bits per heavy atom. The number of ketones is 1. The number of benzene rings is 1. The molecule has 3 N–H and O–H groups in total. The third kappa shape index (κ3) is 3.52. The van der Waals surface area contributed by atoms with E-state index in [1.54, 1.807) is 0 Å². The minimum Gasteiger partial charge on any atom is -0.383 e. The van der Waals surface area contributed by atoms with Crippen LogP contribution in [-0.4, -0.2) is 42.9 Å². The predicted octanol–water partition coefficient (Wildman–Crippen LogP) is 3.68. The number of Topliss-reactive ketones (excluding diaryl/α,β-unsaturated/α-hetero) is 1. The topological polar surface area (TPSA) is 87.4 Å². The minimum atomic E-state index is -0.231. The van der Waals surface area contributed by atoms with Gasteiger partial charge < -0.3 is 20.9 Å². The van der Waals surface area contributed by atoms with Crippen molar-refractivity contribution in [1.82, 2.24) is 9.97 Å². The van der Waals surface area contributed by atoms with E-state index in [1.165, 1.54) is 6.42 Å². The van der Waals surface area contributed by atoms with E-state index in [0.29, 0.717) is 18.2 Å². The summed E-state index contributed by atoms with van der Waals surface area (Å²) in [6, 6.07) is 8.37. The average Bonchev–Trinajstić information content (AvgIpc) is 2.78. The first kappa shape index (κ1) is 19.8. The second-order valence-corrected chi connectivity index (χ2v) is 8.93. The first-order valence-electron chi connectivity index (χ1n) is 11.3. The standard InChI is InChI=1S/C24H30N6O/c1-29(2)16-11-9-15(10-12-16)19-20-17(7-6-8-18(20)31)26-23-21(19)22(25)27-24(28-23)30-13-4-3-5-14-30/h9-12,19H,3-8,13-14H2,1-2H3,(H3,25,26,27,28). The van der Waals surface area contributed by atoms with Crippen molar-refractivity contribution >= 4 is 29.1 Å². The lowest BCUT2D eigenvalue weighted by Gasteiger charge is -2.35. The maximum Gasteiger partial charge on any atom is 0.229 e. The van der Waals surface area contributed by atoms with Crippen molar-refractivity contribution in [3.05, 3.63) is 46.7 Å². The molecule has 1 aromatic heterocycles. The molecule has 2 aromatic rings. The SMILES string of the molecule is CN(C)c1ccc(C2C3=C(CCCC3=O)Nc3nc(N4CCCCC4)nc(N)c32)cc1. The van der Waals surface area contributed by atoms with Gasteiger partial charge in [-0.3, -0.25) is 4.79 Å². The lowest BCUT2D eigenvalue weighted by atomic mass is 9.76. The van der Waals surface area contributed by atoms with E-state index < -0.39 is 0 Å². The molecule has 3 heterocycles. The zero-order valence-electron chi connectivity index (χ0n) is 18.3. The summed E-state index contributed by atoms with van der Waals surface area (Å²) in [5.41, 5.74) is 11.4.